The van der Waals surface area contributed by atoms with Crippen LogP contribution in [0.15, 0.2) is 82.1 Å². The minimum Gasteiger partial charge on any atom is -0.268 e. The summed E-state index contributed by atoms with van der Waals surface area (Å²) < 4.78 is 2.55. The number of benzene rings is 3. The maximum Gasteiger partial charge on any atom is 0.266 e. The van der Waals surface area contributed by atoms with Crippen molar-refractivity contribution >= 4 is 38.4 Å². The molecule has 1 aromatic heterocycles. The van der Waals surface area contributed by atoms with Crippen LogP contribution in [0.2, 0.25) is 5.02 Å². The van der Waals surface area contributed by atoms with Crippen LogP contribution in [-0.2, 0) is 0 Å². The number of aromatic nitrogens is 2. The average molecular weight is 412 g/mol. The minimum absolute atomic E-state index is 0.122. The van der Waals surface area contributed by atoms with Crippen LogP contribution in [0.25, 0.3) is 28.0 Å². The highest BCUT2D eigenvalue weighted by Crippen LogP contribution is 2.28. The summed E-state index contributed by atoms with van der Waals surface area (Å²) >= 11 is 9.81. The van der Waals surface area contributed by atoms with E-state index < -0.39 is 0 Å². The largest absolute Gasteiger partial charge is 0.268 e. The molecule has 0 bridgehead atoms. The molecule has 1 heterocycles. The number of nitrogens with zero attached hydrogens (tertiary/aromatic N) is 2. The van der Waals surface area contributed by atoms with E-state index in [2.05, 4.69) is 15.9 Å². The van der Waals surface area contributed by atoms with E-state index in [1.165, 1.54) is 0 Å². The number of para-hydroxylation sites is 1. The van der Waals surface area contributed by atoms with Gasteiger partial charge in [-0.2, -0.15) is 0 Å². The van der Waals surface area contributed by atoms with Gasteiger partial charge in [0.15, 0.2) is 0 Å². The van der Waals surface area contributed by atoms with Crippen LogP contribution in [0, 0.1) is 0 Å². The van der Waals surface area contributed by atoms with Crippen LogP contribution in [0.4, 0.5) is 0 Å². The second kappa shape index (κ2) is 6.47. The van der Waals surface area contributed by atoms with Gasteiger partial charge in [-0.05, 0) is 48.5 Å². The lowest BCUT2D eigenvalue weighted by Gasteiger charge is -2.14. The molecule has 5 heteroatoms. The Morgan fingerprint density at radius 3 is 2.32 bits per heavy atom. The van der Waals surface area contributed by atoms with Gasteiger partial charge in [0.2, 0.25) is 0 Å². The summed E-state index contributed by atoms with van der Waals surface area (Å²) in [5.41, 5.74) is 1.98. The summed E-state index contributed by atoms with van der Waals surface area (Å²) in [6.45, 7) is 0. The molecule has 0 aliphatic carbocycles. The van der Waals surface area contributed by atoms with Crippen molar-refractivity contribution in [3.05, 3.63) is 92.6 Å². The van der Waals surface area contributed by atoms with Crippen molar-refractivity contribution in [1.29, 1.82) is 0 Å². The van der Waals surface area contributed by atoms with Crippen molar-refractivity contribution in [2.24, 2.45) is 0 Å². The van der Waals surface area contributed by atoms with Crippen LogP contribution >= 0.6 is 27.5 Å². The first-order valence-corrected chi connectivity index (χ1v) is 8.85. The Morgan fingerprint density at radius 1 is 0.880 bits per heavy atom. The minimum atomic E-state index is -0.122. The standard InChI is InChI=1S/C20H12BrClN2O/c21-13-9-11-14(12-10-13)24-19(15-5-1-3-7-17(15)22)23-18-8-4-2-6-16(18)20(24)25/h1-12H. The summed E-state index contributed by atoms with van der Waals surface area (Å²) in [4.78, 5) is 17.9. The Hall–Kier alpha value is -2.43. The lowest BCUT2D eigenvalue weighted by Crippen LogP contribution is -2.22. The molecular formula is C20H12BrClN2O. The average Bonchev–Trinajstić information content (AvgIpc) is 2.63. The van der Waals surface area contributed by atoms with Crippen LogP contribution in [0.1, 0.15) is 0 Å². The second-order valence-corrected chi connectivity index (χ2v) is 6.87. The number of hydrogen-bond donors (Lipinski definition) is 0. The normalized spacial score (nSPS) is 11.0. The zero-order valence-corrected chi connectivity index (χ0v) is 15.3. The van der Waals surface area contributed by atoms with Gasteiger partial charge >= 0.3 is 0 Å². The summed E-state index contributed by atoms with van der Waals surface area (Å²) in [5, 5.41) is 1.12. The maximum absolute atomic E-state index is 13.2. The predicted molar refractivity (Wildman–Crippen MR) is 105 cm³/mol. The molecule has 0 atom stereocenters. The van der Waals surface area contributed by atoms with Crippen molar-refractivity contribution in [2.75, 3.05) is 0 Å². The number of fused-ring (bicyclic) bond motifs is 1. The van der Waals surface area contributed by atoms with Gasteiger partial charge in [0, 0.05) is 10.0 Å². The van der Waals surface area contributed by atoms with Gasteiger partial charge in [-0.3, -0.25) is 9.36 Å². The van der Waals surface area contributed by atoms with Gasteiger partial charge in [-0.15, -0.1) is 0 Å². The molecule has 0 aliphatic heterocycles. The van der Waals surface area contributed by atoms with Gasteiger partial charge in [0.1, 0.15) is 5.82 Å². The molecule has 0 unspecified atom stereocenters. The third-order valence-corrected chi connectivity index (χ3v) is 4.83. The van der Waals surface area contributed by atoms with Crippen molar-refractivity contribution < 1.29 is 0 Å². The van der Waals surface area contributed by atoms with Crippen LogP contribution in [0.3, 0.4) is 0 Å². The molecule has 3 aromatic carbocycles. The Balaban J connectivity index is 2.13. The molecule has 4 aromatic rings. The molecule has 0 spiro atoms. The molecule has 25 heavy (non-hydrogen) atoms. The SMILES string of the molecule is O=c1c2ccccc2nc(-c2ccccc2Cl)n1-c1ccc(Br)cc1. The molecule has 0 radical (unpaired) electrons. The third kappa shape index (κ3) is 2.88. The second-order valence-electron chi connectivity index (χ2n) is 5.55. The van der Waals surface area contributed by atoms with Gasteiger partial charge in [0.05, 0.1) is 21.6 Å². The Kier molecular flexibility index (Phi) is 4.15. The van der Waals surface area contributed by atoms with E-state index >= 15 is 0 Å². The van der Waals surface area contributed by atoms with Gasteiger partial charge in [-0.25, -0.2) is 4.98 Å². The molecule has 0 saturated carbocycles. The lowest BCUT2D eigenvalue weighted by atomic mass is 10.1. The van der Waals surface area contributed by atoms with Crippen molar-refractivity contribution in [2.45, 2.75) is 0 Å². The molecule has 3 nitrogen and oxygen atoms in total. The van der Waals surface area contributed by atoms with E-state index in [1.54, 1.807) is 16.7 Å². The van der Waals surface area contributed by atoms with Gasteiger partial charge < -0.3 is 0 Å². The van der Waals surface area contributed by atoms with Crippen LogP contribution in [0.5, 0.6) is 0 Å². The van der Waals surface area contributed by atoms with Crippen LogP contribution < -0.4 is 5.56 Å². The smallest absolute Gasteiger partial charge is 0.266 e. The van der Waals surface area contributed by atoms with Crippen molar-refractivity contribution in [3.8, 4) is 17.1 Å². The van der Waals surface area contributed by atoms with Gasteiger partial charge in [-0.1, -0.05) is 51.8 Å². The Morgan fingerprint density at radius 2 is 1.56 bits per heavy atom. The molecular weight excluding hydrogens is 400 g/mol. The number of halogens is 2. The Bertz CT molecular complexity index is 1140. The van der Waals surface area contributed by atoms with E-state index in [9.17, 15) is 4.79 Å². The zero-order valence-electron chi connectivity index (χ0n) is 13.0. The fraction of sp³-hybridized carbons (Fsp3) is 0. The molecule has 0 N–H and O–H groups in total. The van der Waals surface area contributed by atoms with E-state index in [0.29, 0.717) is 21.7 Å². The summed E-state index contributed by atoms with van der Waals surface area (Å²) in [7, 11) is 0. The highest BCUT2D eigenvalue weighted by atomic mass is 79.9. The van der Waals surface area contributed by atoms with E-state index in [4.69, 9.17) is 16.6 Å². The Labute approximate surface area is 157 Å². The molecule has 0 fully saturated rings. The van der Waals surface area contributed by atoms with E-state index in [1.807, 2.05) is 60.7 Å². The van der Waals surface area contributed by atoms with Crippen LogP contribution in [-0.4, -0.2) is 9.55 Å². The molecule has 0 aliphatic rings. The first-order valence-electron chi connectivity index (χ1n) is 7.68. The maximum atomic E-state index is 13.2. The summed E-state index contributed by atoms with van der Waals surface area (Å²) in [5.74, 6) is 0.525. The molecule has 0 saturated heterocycles. The first kappa shape index (κ1) is 16.1. The summed E-state index contributed by atoms with van der Waals surface area (Å²) in [6.07, 6.45) is 0. The topological polar surface area (TPSA) is 34.9 Å². The number of hydrogen-bond acceptors (Lipinski definition) is 2. The quantitative estimate of drug-likeness (QED) is 0.438. The summed E-state index contributed by atoms with van der Waals surface area (Å²) in [6, 6.07) is 22.3. The fourth-order valence-corrected chi connectivity index (χ4v) is 3.27. The number of rotatable bonds is 2. The third-order valence-electron chi connectivity index (χ3n) is 3.98. The first-order chi connectivity index (χ1) is 12.1. The zero-order chi connectivity index (χ0) is 17.4. The lowest BCUT2D eigenvalue weighted by molar-refractivity contribution is 0.975. The van der Waals surface area contributed by atoms with Crippen molar-refractivity contribution in [1.82, 2.24) is 9.55 Å². The van der Waals surface area contributed by atoms with E-state index in [0.717, 1.165) is 15.7 Å². The molecule has 0 amide bonds. The fourth-order valence-electron chi connectivity index (χ4n) is 2.79. The predicted octanol–water partition coefficient (Wildman–Crippen LogP) is 5.47. The monoisotopic (exact) mass is 410 g/mol. The highest BCUT2D eigenvalue weighted by Gasteiger charge is 2.16. The van der Waals surface area contributed by atoms with Gasteiger partial charge in [0.25, 0.3) is 5.56 Å². The van der Waals surface area contributed by atoms with Crippen molar-refractivity contribution in [3.63, 3.8) is 0 Å². The molecule has 122 valence electrons. The molecule has 4 rings (SSSR count). The van der Waals surface area contributed by atoms with E-state index in [-0.39, 0.29) is 5.56 Å². The highest BCUT2D eigenvalue weighted by molar-refractivity contribution is 9.10.